The average molecular weight is 376 g/mol. The van der Waals surface area contributed by atoms with Crippen LogP contribution in [0.5, 0.6) is 0 Å². The van der Waals surface area contributed by atoms with E-state index in [2.05, 4.69) is 19.2 Å². The fraction of sp³-hybridized carbons (Fsp3) is 0.905. The van der Waals surface area contributed by atoms with Gasteiger partial charge in [0.15, 0.2) is 0 Å². The summed E-state index contributed by atoms with van der Waals surface area (Å²) in [4.78, 5) is 21.8. The Bertz CT molecular complexity index is 286. The first-order chi connectivity index (χ1) is 11.5. The highest BCUT2D eigenvalue weighted by molar-refractivity contribution is 5.80. The summed E-state index contributed by atoms with van der Waals surface area (Å²) in [5, 5.41) is 2.80. The second-order valence-electron chi connectivity index (χ2n) is 8.53. The molecule has 0 heterocycles. The molecule has 0 fully saturated rings. The van der Waals surface area contributed by atoms with Gasteiger partial charge in [-0.2, -0.15) is 0 Å². The van der Waals surface area contributed by atoms with E-state index in [1.54, 1.807) is 0 Å². The number of nitrogens with two attached hydrogens (primary N) is 2. The Balaban J connectivity index is -0.000000134. The highest BCUT2D eigenvalue weighted by Gasteiger charge is 2.08. The lowest BCUT2D eigenvalue weighted by atomic mass is 9.99. The van der Waals surface area contributed by atoms with E-state index in [0.717, 1.165) is 6.42 Å². The Morgan fingerprint density at radius 3 is 1.08 bits per heavy atom. The van der Waals surface area contributed by atoms with Gasteiger partial charge in [0.25, 0.3) is 0 Å². The lowest BCUT2D eigenvalue weighted by Crippen LogP contribution is -2.33. The van der Waals surface area contributed by atoms with Crippen molar-refractivity contribution in [3.63, 3.8) is 0 Å². The van der Waals surface area contributed by atoms with Crippen molar-refractivity contribution in [1.82, 2.24) is 5.32 Å². The van der Waals surface area contributed by atoms with Gasteiger partial charge in [-0.25, -0.2) is 0 Å². The summed E-state index contributed by atoms with van der Waals surface area (Å²) in [5.74, 6) is 1.34. The first-order valence-corrected chi connectivity index (χ1v) is 9.88. The highest BCUT2D eigenvalue weighted by atomic mass is 16.2. The molecule has 0 atom stereocenters. The number of ketones is 1. The SMILES string of the molecule is CC(C)CC(=O)C(C)C.CC(C)N.CC(C)N.CC(C)NC(=O)C(C)C. The van der Waals surface area contributed by atoms with Crippen LogP contribution in [0, 0.1) is 17.8 Å². The minimum atomic E-state index is 0.104. The molecule has 0 spiro atoms. The van der Waals surface area contributed by atoms with Crippen LogP contribution in [0.1, 0.15) is 89.5 Å². The first kappa shape index (κ1) is 32.7. The number of carbonyl (C=O) groups is 2. The standard InChI is InChI=1S/C8H16O.C7H15NO.2C3H9N/c1-6(2)5-8(9)7(3)4;1-5(2)7(9)8-6(3)4;2*1-3(2)4/h6-7H,5H2,1-4H3;5-6H,1-4H3,(H,8,9);2*3H,4H2,1-2H3. The van der Waals surface area contributed by atoms with Crippen LogP contribution in [-0.2, 0) is 9.59 Å². The predicted molar refractivity (Wildman–Crippen MR) is 116 cm³/mol. The third-order valence-corrected chi connectivity index (χ3v) is 2.21. The molecular weight excluding hydrogens is 326 g/mol. The quantitative estimate of drug-likeness (QED) is 0.673. The summed E-state index contributed by atoms with van der Waals surface area (Å²) in [6, 6.07) is 0.930. The molecule has 0 rings (SSSR count). The molecule has 0 aromatic heterocycles. The Hall–Kier alpha value is -0.940. The van der Waals surface area contributed by atoms with E-state index in [9.17, 15) is 9.59 Å². The van der Waals surface area contributed by atoms with Crippen molar-refractivity contribution in [2.45, 2.75) is 108 Å². The number of Topliss-reactive ketones (excluding diaryl/α,β-unsaturated/α-hetero) is 1. The van der Waals surface area contributed by atoms with Crippen LogP contribution in [-0.4, -0.2) is 29.8 Å². The van der Waals surface area contributed by atoms with E-state index < -0.39 is 0 Å². The van der Waals surface area contributed by atoms with Gasteiger partial charge in [-0.15, -0.1) is 0 Å². The molecule has 0 radical (unpaired) electrons. The Labute approximate surface area is 164 Å². The van der Waals surface area contributed by atoms with Gasteiger partial charge in [0.2, 0.25) is 5.91 Å². The van der Waals surface area contributed by atoms with Crippen molar-refractivity contribution < 1.29 is 9.59 Å². The average Bonchev–Trinajstić information content (AvgIpc) is 2.36. The molecule has 0 aromatic rings. The smallest absolute Gasteiger partial charge is 0.222 e. The summed E-state index contributed by atoms with van der Waals surface area (Å²) >= 11 is 0. The number of nitrogens with one attached hydrogen (secondary N) is 1. The van der Waals surface area contributed by atoms with Crippen LogP contribution in [0.4, 0.5) is 0 Å². The summed E-state index contributed by atoms with van der Waals surface area (Å²) in [6.07, 6.45) is 0.734. The number of carbonyl (C=O) groups excluding carboxylic acids is 2. The maximum absolute atomic E-state index is 11.0. The maximum atomic E-state index is 11.0. The zero-order valence-electron chi connectivity index (χ0n) is 19.6. The second-order valence-corrected chi connectivity index (χ2v) is 8.53. The topological polar surface area (TPSA) is 98.2 Å². The van der Waals surface area contributed by atoms with Gasteiger partial charge in [0, 0.05) is 24.3 Å². The molecule has 1 amide bonds. The number of amides is 1. The molecule has 0 aromatic carbocycles. The van der Waals surface area contributed by atoms with Crippen molar-refractivity contribution in [3.8, 4) is 0 Å². The van der Waals surface area contributed by atoms with E-state index in [0.29, 0.717) is 23.8 Å². The third kappa shape index (κ3) is 49.5. The molecule has 0 unspecified atom stereocenters. The van der Waals surface area contributed by atoms with Crippen LogP contribution in [0.25, 0.3) is 0 Å². The number of hydrogen-bond donors (Lipinski definition) is 3. The van der Waals surface area contributed by atoms with Crippen LogP contribution in [0.15, 0.2) is 0 Å². The molecule has 5 N–H and O–H groups in total. The summed E-state index contributed by atoms with van der Waals surface area (Å²) < 4.78 is 0. The lowest BCUT2D eigenvalue weighted by molar-refractivity contribution is -0.124. The minimum Gasteiger partial charge on any atom is -0.354 e. The van der Waals surface area contributed by atoms with E-state index in [4.69, 9.17) is 11.5 Å². The molecule has 0 aliphatic carbocycles. The molecule has 0 bridgehead atoms. The Morgan fingerprint density at radius 1 is 0.692 bits per heavy atom. The molecule has 0 aliphatic rings. The number of rotatable bonds is 5. The van der Waals surface area contributed by atoms with Crippen LogP contribution in [0.3, 0.4) is 0 Å². The van der Waals surface area contributed by atoms with Gasteiger partial charge in [-0.1, -0.05) is 69.2 Å². The summed E-state index contributed by atoms with van der Waals surface area (Å²) in [5.41, 5.74) is 10.2. The maximum Gasteiger partial charge on any atom is 0.222 e. The van der Waals surface area contributed by atoms with E-state index in [-0.39, 0.29) is 23.8 Å². The van der Waals surface area contributed by atoms with Crippen molar-refractivity contribution >= 4 is 11.7 Å². The van der Waals surface area contributed by atoms with Gasteiger partial charge >= 0.3 is 0 Å². The monoisotopic (exact) mass is 375 g/mol. The van der Waals surface area contributed by atoms with Gasteiger partial charge in [0.05, 0.1) is 0 Å². The van der Waals surface area contributed by atoms with Crippen molar-refractivity contribution in [3.05, 3.63) is 0 Å². The Kier molecular flexibility index (Phi) is 25.6. The molecule has 0 aliphatic heterocycles. The fourth-order valence-corrected chi connectivity index (χ4v) is 1.09. The van der Waals surface area contributed by atoms with Crippen molar-refractivity contribution in [1.29, 1.82) is 0 Å². The van der Waals surface area contributed by atoms with E-state index >= 15 is 0 Å². The van der Waals surface area contributed by atoms with Crippen LogP contribution >= 0.6 is 0 Å². The molecule has 0 saturated carbocycles. The van der Waals surface area contributed by atoms with E-state index in [1.807, 2.05) is 69.2 Å². The highest BCUT2D eigenvalue weighted by Crippen LogP contribution is 2.06. The predicted octanol–water partition coefficient (Wildman–Crippen LogP) is 4.13. The van der Waals surface area contributed by atoms with Crippen molar-refractivity contribution in [2.75, 3.05) is 0 Å². The molecule has 5 heteroatoms. The zero-order valence-corrected chi connectivity index (χ0v) is 19.6. The molecule has 5 nitrogen and oxygen atoms in total. The molecular formula is C21H49N3O2. The molecule has 160 valence electrons. The third-order valence-electron chi connectivity index (χ3n) is 2.21. The zero-order chi connectivity index (χ0) is 22.0. The molecule has 26 heavy (non-hydrogen) atoms. The fourth-order valence-electron chi connectivity index (χ4n) is 1.09. The number of hydrogen-bond acceptors (Lipinski definition) is 4. The normalized spacial score (nSPS) is 10.2. The summed E-state index contributed by atoms with van der Waals surface area (Å²) in [7, 11) is 0. The van der Waals surface area contributed by atoms with Crippen LogP contribution in [0.2, 0.25) is 0 Å². The van der Waals surface area contributed by atoms with Gasteiger partial charge in [-0.3, -0.25) is 9.59 Å². The molecule has 0 saturated heterocycles. The first-order valence-electron chi connectivity index (χ1n) is 9.88. The lowest BCUT2D eigenvalue weighted by Gasteiger charge is -2.09. The van der Waals surface area contributed by atoms with E-state index in [1.165, 1.54) is 0 Å². The second kappa shape index (κ2) is 20.4. The van der Waals surface area contributed by atoms with Crippen molar-refractivity contribution in [2.24, 2.45) is 29.2 Å². The largest absolute Gasteiger partial charge is 0.354 e. The van der Waals surface area contributed by atoms with Crippen LogP contribution < -0.4 is 16.8 Å². The minimum absolute atomic E-state index is 0.104. The summed E-state index contributed by atoms with van der Waals surface area (Å²) in [6.45, 7) is 23.5. The van der Waals surface area contributed by atoms with Gasteiger partial charge in [-0.05, 0) is 31.8 Å². The Morgan fingerprint density at radius 2 is 1.00 bits per heavy atom. The van der Waals surface area contributed by atoms with Gasteiger partial charge < -0.3 is 16.8 Å². The van der Waals surface area contributed by atoms with Gasteiger partial charge in [0.1, 0.15) is 5.78 Å².